The Balaban J connectivity index is 2.06. The Morgan fingerprint density at radius 1 is 1.15 bits per heavy atom. The molecule has 0 aliphatic heterocycles. The molecule has 0 saturated heterocycles. The highest BCUT2D eigenvalue weighted by molar-refractivity contribution is 5.15. The molecule has 0 bridgehead atoms. The zero-order chi connectivity index (χ0) is 9.15. The summed E-state index contributed by atoms with van der Waals surface area (Å²) in [5.41, 5.74) is -0.477. The monoisotopic (exact) mass is 178 g/mol. The van der Waals surface area contributed by atoms with Crippen LogP contribution in [0.1, 0.15) is 38.5 Å². The number of allylic oxidation sites excluding steroid dienone is 3. The van der Waals surface area contributed by atoms with Crippen LogP contribution in [0.5, 0.6) is 0 Å². The van der Waals surface area contributed by atoms with Crippen molar-refractivity contribution in [1.82, 2.24) is 0 Å². The second-order valence-electron chi connectivity index (χ2n) is 4.30. The largest absolute Gasteiger partial charge is 0.385 e. The maximum Gasteiger partial charge on any atom is 0.0858 e. The molecule has 0 radical (unpaired) electrons. The van der Waals surface area contributed by atoms with Gasteiger partial charge in [0.2, 0.25) is 0 Å². The van der Waals surface area contributed by atoms with Crippen molar-refractivity contribution >= 4 is 0 Å². The first-order valence-corrected chi connectivity index (χ1v) is 5.38. The highest BCUT2D eigenvalue weighted by Gasteiger charge is 2.41. The third-order valence-corrected chi connectivity index (χ3v) is 3.11. The molecule has 13 heavy (non-hydrogen) atoms. The predicted molar refractivity (Wildman–Crippen MR) is 54.4 cm³/mol. The quantitative estimate of drug-likeness (QED) is 0.654. The Morgan fingerprint density at radius 2 is 2.00 bits per heavy atom. The van der Waals surface area contributed by atoms with Crippen molar-refractivity contribution in [2.75, 3.05) is 0 Å². The lowest BCUT2D eigenvalue weighted by molar-refractivity contribution is 0.0559. The second kappa shape index (κ2) is 3.67. The molecule has 1 saturated carbocycles. The van der Waals surface area contributed by atoms with Gasteiger partial charge in [-0.15, -0.1) is 0 Å². The molecule has 2 aliphatic rings. The van der Waals surface area contributed by atoms with Crippen molar-refractivity contribution in [1.29, 1.82) is 0 Å². The van der Waals surface area contributed by atoms with Crippen molar-refractivity contribution in [2.24, 2.45) is 5.92 Å². The fraction of sp³-hybridized carbons (Fsp3) is 0.667. The van der Waals surface area contributed by atoms with Crippen LogP contribution in [0.2, 0.25) is 0 Å². The molecule has 0 spiro atoms. The maximum absolute atomic E-state index is 10.3. The summed E-state index contributed by atoms with van der Waals surface area (Å²) in [6.07, 6.45) is 15.2. The first-order valence-electron chi connectivity index (χ1n) is 5.38. The van der Waals surface area contributed by atoms with Crippen LogP contribution in [0.4, 0.5) is 0 Å². The van der Waals surface area contributed by atoms with Gasteiger partial charge in [-0.3, -0.25) is 0 Å². The lowest BCUT2D eigenvalue weighted by atomic mass is 9.91. The SMILES string of the molecule is O[C@@]1(C2CC2)/C=C\C=C/CCCC1. The molecule has 1 nitrogen and oxygen atoms in total. The number of aliphatic hydroxyl groups is 1. The van der Waals surface area contributed by atoms with Gasteiger partial charge in [-0.25, -0.2) is 0 Å². The van der Waals surface area contributed by atoms with E-state index < -0.39 is 5.60 Å². The van der Waals surface area contributed by atoms with Crippen LogP contribution >= 0.6 is 0 Å². The number of rotatable bonds is 1. The third kappa shape index (κ3) is 2.22. The molecule has 0 aromatic carbocycles. The van der Waals surface area contributed by atoms with E-state index >= 15 is 0 Å². The minimum absolute atomic E-state index is 0.477. The van der Waals surface area contributed by atoms with E-state index in [9.17, 15) is 5.11 Å². The summed E-state index contributed by atoms with van der Waals surface area (Å²) in [5.74, 6) is 0.551. The fourth-order valence-electron chi connectivity index (χ4n) is 2.07. The van der Waals surface area contributed by atoms with E-state index in [2.05, 4.69) is 12.2 Å². The highest BCUT2D eigenvalue weighted by Crippen LogP contribution is 2.43. The standard InChI is InChI=1S/C12H18O/c13-12(11-7-8-11)9-5-3-1-2-4-6-10-12/h1,3,5,9,11,13H,2,4,6-8,10H2/b3-1-,9-5-/t12-/m0/s1. The van der Waals surface area contributed by atoms with Crippen molar-refractivity contribution in [2.45, 2.75) is 44.1 Å². The van der Waals surface area contributed by atoms with Crippen molar-refractivity contribution in [3.63, 3.8) is 0 Å². The molecule has 1 heteroatoms. The van der Waals surface area contributed by atoms with E-state index in [1.54, 1.807) is 0 Å². The summed E-state index contributed by atoms with van der Waals surface area (Å²) < 4.78 is 0. The van der Waals surface area contributed by atoms with Gasteiger partial charge in [0.15, 0.2) is 0 Å². The molecule has 72 valence electrons. The summed E-state index contributed by atoms with van der Waals surface area (Å²) in [6, 6.07) is 0. The van der Waals surface area contributed by atoms with Gasteiger partial charge < -0.3 is 5.11 Å². The number of hydrogen-bond donors (Lipinski definition) is 1. The van der Waals surface area contributed by atoms with E-state index in [4.69, 9.17) is 0 Å². The van der Waals surface area contributed by atoms with Crippen molar-refractivity contribution in [3.8, 4) is 0 Å². The van der Waals surface area contributed by atoms with E-state index in [1.807, 2.05) is 12.2 Å². The molecule has 0 unspecified atom stereocenters. The minimum Gasteiger partial charge on any atom is -0.385 e. The minimum atomic E-state index is -0.477. The van der Waals surface area contributed by atoms with Gasteiger partial charge in [0.1, 0.15) is 0 Å². The first kappa shape index (κ1) is 9.01. The topological polar surface area (TPSA) is 20.2 Å². The van der Waals surface area contributed by atoms with E-state index in [1.165, 1.54) is 19.3 Å². The first-order chi connectivity index (χ1) is 6.31. The van der Waals surface area contributed by atoms with Crippen LogP contribution in [0.3, 0.4) is 0 Å². The van der Waals surface area contributed by atoms with Gasteiger partial charge >= 0.3 is 0 Å². The average Bonchev–Trinajstić information content (AvgIpc) is 2.92. The van der Waals surface area contributed by atoms with Crippen molar-refractivity contribution in [3.05, 3.63) is 24.3 Å². The van der Waals surface area contributed by atoms with Crippen molar-refractivity contribution < 1.29 is 5.11 Å². The van der Waals surface area contributed by atoms with Gasteiger partial charge in [-0.05, 0) is 44.4 Å². The highest BCUT2D eigenvalue weighted by atomic mass is 16.3. The molecule has 1 fully saturated rings. The van der Waals surface area contributed by atoms with Crippen LogP contribution in [0, 0.1) is 5.92 Å². The van der Waals surface area contributed by atoms with Gasteiger partial charge in [0.25, 0.3) is 0 Å². The Labute approximate surface area is 80.2 Å². The normalized spacial score (nSPS) is 40.1. The van der Waals surface area contributed by atoms with Crippen LogP contribution in [-0.4, -0.2) is 10.7 Å². The van der Waals surface area contributed by atoms with E-state index in [0.29, 0.717) is 5.92 Å². The summed E-state index contributed by atoms with van der Waals surface area (Å²) in [6.45, 7) is 0. The van der Waals surface area contributed by atoms with E-state index in [-0.39, 0.29) is 0 Å². The third-order valence-electron chi connectivity index (χ3n) is 3.11. The van der Waals surface area contributed by atoms with Gasteiger partial charge in [0.05, 0.1) is 5.60 Å². The Kier molecular flexibility index (Phi) is 2.54. The lowest BCUT2D eigenvalue weighted by Crippen LogP contribution is -2.28. The summed E-state index contributed by atoms with van der Waals surface area (Å²) >= 11 is 0. The molecule has 2 rings (SSSR count). The van der Waals surface area contributed by atoms with Gasteiger partial charge in [-0.1, -0.05) is 24.3 Å². The molecule has 1 N–H and O–H groups in total. The summed E-state index contributed by atoms with van der Waals surface area (Å²) in [4.78, 5) is 0. The molecular weight excluding hydrogens is 160 g/mol. The molecule has 0 heterocycles. The fourth-order valence-corrected chi connectivity index (χ4v) is 2.07. The predicted octanol–water partition coefficient (Wildman–Crippen LogP) is 2.81. The average molecular weight is 178 g/mol. The van der Waals surface area contributed by atoms with E-state index in [0.717, 1.165) is 19.3 Å². The van der Waals surface area contributed by atoms with Crippen LogP contribution < -0.4 is 0 Å². The number of hydrogen-bond acceptors (Lipinski definition) is 1. The molecule has 1 atom stereocenters. The molecular formula is C12H18O. The molecule has 0 aromatic heterocycles. The summed E-state index contributed by atoms with van der Waals surface area (Å²) in [5, 5.41) is 10.3. The Hall–Kier alpha value is -0.560. The maximum atomic E-state index is 10.3. The van der Waals surface area contributed by atoms with Crippen LogP contribution in [0.25, 0.3) is 0 Å². The Bertz CT molecular complexity index is 225. The molecule has 2 aliphatic carbocycles. The van der Waals surface area contributed by atoms with Gasteiger partial charge in [0, 0.05) is 0 Å². The zero-order valence-corrected chi connectivity index (χ0v) is 8.08. The molecule has 0 amide bonds. The van der Waals surface area contributed by atoms with Crippen LogP contribution in [0.15, 0.2) is 24.3 Å². The summed E-state index contributed by atoms with van der Waals surface area (Å²) in [7, 11) is 0. The van der Waals surface area contributed by atoms with Crippen LogP contribution in [-0.2, 0) is 0 Å². The van der Waals surface area contributed by atoms with Gasteiger partial charge in [-0.2, -0.15) is 0 Å². The molecule has 0 aromatic rings. The second-order valence-corrected chi connectivity index (χ2v) is 4.30. The smallest absolute Gasteiger partial charge is 0.0858 e. The Morgan fingerprint density at radius 3 is 2.77 bits per heavy atom. The zero-order valence-electron chi connectivity index (χ0n) is 8.08. The lowest BCUT2D eigenvalue weighted by Gasteiger charge is -2.23.